The molecule has 0 fully saturated rings. The molecule has 0 aliphatic heterocycles. The van der Waals surface area contributed by atoms with Crippen LogP contribution in [0.2, 0.25) is 19.1 Å². The first kappa shape index (κ1) is 13.2. The molecule has 1 rings (SSSR count). The largest absolute Gasteiger partial charge is 0.544 e. The second-order valence-electron chi connectivity index (χ2n) is 4.23. The zero-order chi connectivity index (χ0) is 12.4. The van der Waals surface area contributed by atoms with Gasteiger partial charge in [0.05, 0.1) is 4.90 Å². The third-order valence-corrected chi connectivity index (χ3v) is 5.82. The molecule has 1 aromatic rings. The minimum atomic E-state index is -3.61. The van der Waals surface area contributed by atoms with E-state index in [0.29, 0.717) is 5.75 Å². The Balaban J connectivity index is 2.89. The van der Waals surface area contributed by atoms with Gasteiger partial charge < -0.3 is 4.43 Å². The minimum absolute atomic E-state index is 0.107. The van der Waals surface area contributed by atoms with Crippen LogP contribution in [-0.4, -0.2) is 16.7 Å². The van der Waals surface area contributed by atoms with Crippen LogP contribution in [0, 0.1) is 0 Å². The number of hydrogen-bond acceptors (Lipinski definition) is 3. The van der Waals surface area contributed by atoms with Gasteiger partial charge in [-0.15, -0.1) is 0 Å². The molecular weight excluding hydrogens is 242 g/mol. The smallest absolute Gasteiger partial charge is 0.244 e. The second-order valence-corrected chi connectivity index (χ2v) is 10.2. The molecule has 0 amide bonds. The zero-order valence-electron chi connectivity index (χ0n) is 9.73. The monoisotopic (exact) mass is 259 g/mol. The van der Waals surface area contributed by atoms with Crippen LogP contribution in [0.25, 0.3) is 0 Å². The summed E-state index contributed by atoms with van der Waals surface area (Å²) < 4.78 is 27.9. The number of benzene rings is 1. The van der Waals surface area contributed by atoms with Crippen molar-refractivity contribution < 1.29 is 12.8 Å². The van der Waals surface area contributed by atoms with Crippen LogP contribution < -0.4 is 9.56 Å². The lowest BCUT2D eigenvalue weighted by atomic mass is 10.3. The summed E-state index contributed by atoms with van der Waals surface area (Å²) in [5.41, 5.74) is 0. The molecular formula is C10H17NO3SSi. The predicted octanol–water partition coefficient (Wildman–Crippen LogP) is 1.94. The number of hydrogen-bond donors (Lipinski definition) is 1. The van der Waals surface area contributed by atoms with E-state index in [9.17, 15) is 8.42 Å². The molecule has 0 atom stereocenters. The Morgan fingerprint density at radius 2 is 1.75 bits per heavy atom. The fourth-order valence-corrected chi connectivity index (χ4v) is 2.52. The summed E-state index contributed by atoms with van der Waals surface area (Å²) in [6, 6.07) is 7.22. The normalized spacial score (nSPS) is 12.5. The Morgan fingerprint density at radius 1 is 1.25 bits per heavy atom. The summed E-state index contributed by atoms with van der Waals surface area (Å²) in [7, 11) is -5.28. The molecule has 1 aromatic carbocycles. The van der Waals surface area contributed by atoms with Crippen molar-refractivity contribution in [2.24, 2.45) is 5.14 Å². The van der Waals surface area contributed by atoms with Gasteiger partial charge in [0.25, 0.3) is 0 Å². The number of sulfonamides is 1. The molecule has 6 heteroatoms. The number of nitrogens with two attached hydrogens (primary N) is 1. The highest BCUT2D eigenvalue weighted by Crippen LogP contribution is 2.20. The van der Waals surface area contributed by atoms with Gasteiger partial charge in [0.15, 0.2) is 0 Å². The molecule has 0 heterocycles. The maximum absolute atomic E-state index is 11.0. The highest BCUT2D eigenvalue weighted by molar-refractivity contribution is 7.89. The zero-order valence-corrected chi connectivity index (χ0v) is 11.5. The van der Waals surface area contributed by atoms with Gasteiger partial charge in [0.2, 0.25) is 18.3 Å². The average Bonchev–Trinajstić information content (AvgIpc) is 2.16. The van der Waals surface area contributed by atoms with Crippen molar-refractivity contribution in [2.75, 3.05) is 0 Å². The second kappa shape index (κ2) is 4.56. The molecule has 0 aromatic heterocycles. The van der Waals surface area contributed by atoms with E-state index in [4.69, 9.17) is 9.56 Å². The van der Waals surface area contributed by atoms with Crippen molar-refractivity contribution in [3.8, 4) is 5.75 Å². The molecule has 90 valence electrons. The highest BCUT2D eigenvalue weighted by atomic mass is 32.2. The van der Waals surface area contributed by atoms with Crippen LogP contribution in [0.5, 0.6) is 5.75 Å². The molecule has 0 saturated heterocycles. The minimum Gasteiger partial charge on any atom is -0.544 e. The maximum Gasteiger partial charge on any atom is 0.244 e. The van der Waals surface area contributed by atoms with Crippen molar-refractivity contribution in [3.63, 3.8) is 0 Å². The molecule has 16 heavy (non-hydrogen) atoms. The molecule has 0 spiro atoms. The van der Waals surface area contributed by atoms with Gasteiger partial charge in [-0.25, -0.2) is 13.6 Å². The van der Waals surface area contributed by atoms with Gasteiger partial charge in [0.1, 0.15) is 5.75 Å². The lowest BCUT2D eigenvalue weighted by molar-refractivity contribution is 0.548. The predicted molar refractivity (Wildman–Crippen MR) is 66.4 cm³/mol. The maximum atomic E-state index is 11.0. The SMILES string of the molecule is CC[Si](C)(C)Oc1ccc(S(N)(=O)=O)cc1. The Bertz CT molecular complexity index is 453. The molecule has 0 aliphatic carbocycles. The first-order chi connectivity index (χ1) is 7.24. The Morgan fingerprint density at radius 3 is 2.12 bits per heavy atom. The molecule has 0 unspecified atom stereocenters. The molecule has 2 N–H and O–H groups in total. The standard InChI is InChI=1S/C10H17NO3SSi/c1-4-16(2,3)14-9-5-7-10(8-6-9)15(11,12)13/h5-8H,4H2,1-3H3,(H2,11,12,13). The van der Waals surface area contributed by atoms with Crippen molar-refractivity contribution in [3.05, 3.63) is 24.3 Å². The van der Waals surface area contributed by atoms with Gasteiger partial charge in [-0.1, -0.05) is 6.92 Å². The van der Waals surface area contributed by atoms with Crippen molar-refractivity contribution >= 4 is 18.3 Å². The molecule has 4 nitrogen and oxygen atoms in total. The Hall–Kier alpha value is -0.853. The van der Waals surface area contributed by atoms with Crippen LogP contribution in [0.15, 0.2) is 29.2 Å². The van der Waals surface area contributed by atoms with Gasteiger partial charge in [-0.2, -0.15) is 0 Å². The quantitative estimate of drug-likeness (QED) is 0.840. The average molecular weight is 259 g/mol. The Kier molecular flexibility index (Phi) is 3.77. The van der Waals surface area contributed by atoms with E-state index in [1.807, 2.05) is 0 Å². The fraction of sp³-hybridized carbons (Fsp3) is 0.400. The summed E-state index contributed by atoms with van der Waals surface area (Å²) in [4.78, 5) is 0.107. The van der Waals surface area contributed by atoms with Gasteiger partial charge >= 0.3 is 0 Å². The highest BCUT2D eigenvalue weighted by Gasteiger charge is 2.21. The first-order valence-electron chi connectivity index (χ1n) is 5.06. The first-order valence-corrected chi connectivity index (χ1v) is 9.73. The summed E-state index contributed by atoms with van der Waals surface area (Å²) in [5, 5.41) is 5.00. The molecule has 0 saturated carbocycles. The van der Waals surface area contributed by atoms with E-state index in [1.54, 1.807) is 12.1 Å². The summed E-state index contributed by atoms with van der Waals surface area (Å²) in [6.07, 6.45) is 0. The lowest BCUT2D eigenvalue weighted by Crippen LogP contribution is -2.32. The van der Waals surface area contributed by atoms with E-state index in [1.165, 1.54) is 12.1 Å². The lowest BCUT2D eigenvalue weighted by Gasteiger charge is -2.22. The molecule has 0 bridgehead atoms. The third-order valence-electron chi connectivity index (χ3n) is 2.40. The van der Waals surface area contributed by atoms with E-state index in [2.05, 4.69) is 20.0 Å². The summed E-state index contributed by atoms with van der Waals surface area (Å²) in [6.45, 7) is 6.31. The number of rotatable bonds is 4. The van der Waals surface area contributed by atoms with Crippen LogP contribution in [0.4, 0.5) is 0 Å². The summed E-state index contributed by atoms with van der Waals surface area (Å²) in [5.74, 6) is 0.700. The van der Waals surface area contributed by atoms with Crippen LogP contribution >= 0.6 is 0 Å². The van der Waals surface area contributed by atoms with Gasteiger partial charge in [0, 0.05) is 0 Å². The van der Waals surface area contributed by atoms with E-state index >= 15 is 0 Å². The fourth-order valence-electron chi connectivity index (χ4n) is 1.09. The van der Waals surface area contributed by atoms with Crippen LogP contribution in [-0.2, 0) is 10.0 Å². The third kappa shape index (κ3) is 3.62. The topological polar surface area (TPSA) is 69.4 Å². The van der Waals surface area contributed by atoms with E-state index in [-0.39, 0.29) is 4.90 Å². The molecule has 0 aliphatic rings. The van der Waals surface area contributed by atoms with Crippen molar-refractivity contribution in [1.82, 2.24) is 0 Å². The van der Waals surface area contributed by atoms with Crippen LogP contribution in [0.1, 0.15) is 6.92 Å². The van der Waals surface area contributed by atoms with Crippen molar-refractivity contribution in [2.45, 2.75) is 31.0 Å². The van der Waals surface area contributed by atoms with E-state index in [0.717, 1.165) is 6.04 Å². The summed E-state index contributed by atoms with van der Waals surface area (Å²) >= 11 is 0. The van der Waals surface area contributed by atoms with E-state index < -0.39 is 18.3 Å². The van der Waals surface area contributed by atoms with Gasteiger partial charge in [-0.3, -0.25) is 0 Å². The van der Waals surface area contributed by atoms with Crippen molar-refractivity contribution in [1.29, 1.82) is 0 Å². The Labute approximate surface area is 97.6 Å². The van der Waals surface area contributed by atoms with Crippen LogP contribution in [0.3, 0.4) is 0 Å². The number of primary sulfonamides is 1. The molecule has 0 radical (unpaired) electrons. The van der Waals surface area contributed by atoms with Gasteiger partial charge in [-0.05, 0) is 43.4 Å².